The zero-order chi connectivity index (χ0) is 33.6. The van der Waals surface area contributed by atoms with Gasteiger partial charge in [-0.15, -0.1) is 0 Å². The summed E-state index contributed by atoms with van der Waals surface area (Å²) in [7, 11) is 0. The van der Waals surface area contributed by atoms with E-state index in [4.69, 9.17) is 18.8 Å². The van der Waals surface area contributed by atoms with Crippen LogP contribution in [0.25, 0.3) is 71.8 Å². The highest BCUT2D eigenvalue weighted by atomic mass is 16.4. The second-order valence-corrected chi connectivity index (χ2v) is 13.9. The summed E-state index contributed by atoms with van der Waals surface area (Å²) < 4.78 is 15.7. The maximum atomic E-state index is 6.74. The van der Waals surface area contributed by atoms with Gasteiger partial charge in [0.1, 0.15) is 22.8 Å². The summed E-state index contributed by atoms with van der Waals surface area (Å²) in [5.74, 6) is 1.60. The van der Waals surface area contributed by atoms with Crippen molar-refractivity contribution in [3.63, 3.8) is 0 Å². The number of para-hydroxylation sites is 4. The van der Waals surface area contributed by atoms with E-state index in [1.807, 2.05) is 36.4 Å². The van der Waals surface area contributed by atoms with Crippen LogP contribution in [0.1, 0.15) is 26.3 Å². The predicted octanol–water partition coefficient (Wildman–Crippen LogP) is 12.1. The van der Waals surface area contributed by atoms with Gasteiger partial charge in [-0.1, -0.05) is 93.6 Å². The number of furan rings is 2. The van der Waals surface area contributed by atoms with Crippen LogP contribution >= 0.6 is 0 Å². The SMILES string of the molecule is CC(C)(C)c1c2oc3nc(N(c4ccccc4)c4ccccc4)ccc3c2cc2c1oc1nc(-n3c4ccccc4c4ccccc43)ccc12. The van der Waals surface area contributed by atoms with Crippen LogP contribution in [-0.2, 0) is 5.41 Å². The molecule has 0 aliphatic rings. The molecule has 0 saturated heterocycles. The van der Waals surface area contributed by atoms with Crippen LogP contribution < -0.4 is 4.90 Å². The second kappa shape index (κ2) is 10.5. The van der Waals surface area contributed by atoms with E-state index < -0.39 is 0 Å². The maximum absolute atomic E-state index is 6.74. The minimum absolute atomic E-state index is 0.294. The highest BCUT2D eigenvalue weighted by Gasteiger charge is 2.29. The largest absolute Gasteiger partial charge is 0.437 e. The average Bonchev–Trinajstić information content (AvgIpc) is 3.79. The molecule has 10 aromatic rings. The number of pyridine rings is 2. The Morgan fingerprint density at radius 3 is 1.56 bits per heavy atom. The van der Waals surface area contributed by atoms with Crippen molar-refractivity contribution in [2.75, 3.05) is 4.90 Å². The molecule has 6 heteroatoms. The van der Waals surface area contributed by atoms with Gasteiger partial charge in [0, 0.05) is 49.3 Å². The van der Waals surface area contributed by atoms with E-state index in [1.54, 1.807) is 0 Å². The zero-order valence-electron chi connectivity index (χ0n) is 27.9. The monoisotopic (exact) mass is 648 g/mol. The fourth-order valence-electron chi connectivity index (χ4n) is 7.55. The zero-order valence-corrected chi connectivity index (χ0v) is 27.9. The Bertz CT molecular complexity index is 2820. The molecule has 240 valence electrons. The van der Waals surface area contributed by atoms with Crippen molar-refractivity contribution >= 4 is 83.1 Å². The first-order valence-corrected chi connectivity index (χ1v) is 16.9. The smallest absolute Gasteiger partial charge is 0.229 e. The molecule has 0 amide bonds. The highest BCUT2D eigenvalue weighted by Crippen LogP contribution is 2.45. The lowest BCUT2D eigenvalue weighted by Crippen LogP contribution is -2.11. The van der Waals surface area contributed by atoms with Crippen molar-refractivity contribution in [1.82, 2.24) is 14.5 Å². The molecule has 0 fully saturated rings. The number of anilines is 3. The molecule has 0 aliphatic carbocycles. The standard InChI is InChI=1S/C44H32N4O2/c1-44(2,3)39-40-33(31-22-24-37(45-42(31)49-40)47(27-14-6-4-7-15-27)28-16-8-5-9-17-28)26-34-32-23-25-38(46-43(32)50-41(34)39)48-35-20-12-10-18-29(35)30-19-11-13-21-36(30)48/h4-26H,1-3H3. The Balaban J connectivity index is 1.19. The number of benzene rings is 5. The topological polar surface area (TPSA) is 60.2 Å². The highest BCUT2D eigenvalue weighted by molar-refractivity contribution is 6.17. The number of nitrogens with zero attached hydrogens (tertiary/aromatic N) is 4. The van der Waals surface area contributed by atoms with E-state index >= 15 is 0 Å². The average molecular weight is 649 g/mol. The lowest BCUT2D eigenvalue weighted by atomic mass is 9.84. The molecule has 5 heterocycles. The van der Waals surface area contributed by atoms with Gasteiger partial charge < -0.3 is 8.83 Å². The predicted molar refractivity (Wildman–Crippen MR) is 204 cm³/mol. The Morgan fingerprint density at radius 1 is 0.500 bits per heavy atom. The van der Waals surface area contributed by atoms with Crippen LogP contribution in [0.2, 0.25) is 0 Å². The van der Waals surface area contributed by atoms with Gasteiger partial charge in [-0.25, -0.2) is 0 Å². The van der Waals surface area contributed by atoms with E-state index in [-0.39, 0.29) is 5.41 Å². The van der Waals surface area contributed by atoms with Crippen molar-refractivity contribution in [3.8, 4) is 5.82 Å². The van der Waals surface area contributed by atoms with Crippen LogP contribution in [0.4, 0.5) is 17.2 Å². The first kappa shape index (κ1) is 28.6. The number of fused-ring (bicyclic) bond motifs is 9. The summed E-state index contributed by atoms with van der Waals surface area (Å²) >= 11 is 0. The van der Waals surface area contributed by atoms with Crippen LogP contribution in [-0.4, -0.2) is 14.5 Å². The summed E-state index contributed by atoms with van der Waals surface area (Å²) in [6.45, 7) is 6.60. The third kappa shape index (κ3) is 4.21. The number of aromatic nitrogens is 3. The van der Waals surface area contributed by atoms with Gasteiger partial charge in [0.2, 0.25) is 11.4 Å². The van der Waals surface area contributed by atoms with Crippen molar-refractivity contribution in [2.24, 2.45) is 0 Å². The van der Waals surface area contributed by atoms with Gasteiger partial charge in [0.05, 0.1) is 11.0 Å². The summed E-state index contributed by atoms with van der Waals surface area (Å²) in [6.07, 6.45) is 0. The van der Waals surface area contributed by atoms with Crippen LogP contribution in [0.15, 0.2) is 148 Å². The molecule has 0 unspecified atom stereocenters. The number of hydrogen-bond donors (Lipinski definition) is 0. The maximum Gasteiger partial charge on any atom is 0.229 e. The van der Waals surface area contributed by atoms with Crippen LogP contribution in [0.3, 0.4) is 0 Å². The first-order chi connectivity index (χ1) is 24.4. The van der Waals surface area contributed by atoms with Crippen molar-refractivity contribution in [3.05, 3.63) is 145 Å². The normalized spacial score (nSPS) is 12.3. The number of hydrogen-bond acceptors (Lipinski definition) is 5. The molecule has 5 aromatic heterocycles. The fraction of sp³-hybridized carbons (Fsp3) is 0.0909. The van der Waals surface area contributed by atoms with E-state index in [1.165, 1.54) is 10.8 Å². The van der Waals surface area contributed by atoms with Crippen molar-refractivity contribution in [1.29, 1.82) is 0 Å². The quantitative estimate of drug-likeness (QED) is 0.190. The van der Waals surface area contributed by atoms with Gasteiger partial charge in [-0.3, -0.25) is 9.47 Å². The third-order valence-corrected chi connectivity index (χ3v) is 9.72. The van der Waals surface area contributed by atoms with Crippen molar-refractivity contribution < 1.29 is 8.83 Å². The Morgan fingerprint density at radius 2 is 1.00 bits per heavy atom. The van der Waals surface area contributed by atoms with E-state index in [2.05, 4.69) is 133 Å². The fourth-order valence-corrected chi connectivity index (χ4v) is 7.55. The molecule has 10 rings (SSSR count). The molecule has 0 radical (unpaired) electrons. The van der Waals surface area contributed by atoms with Gasteiger partial charge >= 0.3 is 0 Å². The van der Waals surface area contributed by atoms with Gasteiger partial charge in [0.25, 0.3) is 0 Å². The Kier molecular flexibility index (Phi) is 6.03. The third-order valence-electron chi connectivity index (χ3n) is 9.72. The Hall–Kier alpha value is -6.40. The van der Waals surface area contributed by atoms with Crippen LogP contribution in [0, 0.1) is 0 Å². The lowest BCUT2D eigenvalue weighted by Gasteiger charge is -2.23. The van der Waals surface area contributed by atoms with E-state index in [0.717, 1.165) is 72.3 Å². The molecule has 0 saturated carbocycles. The molecule has 0 N–H and O–H groups in total. The summed E-state index contributed by atoms with van der Waals surface area (Å²) in [4.78, 5) is 12.4. The van der Waals surface area contributed by atoms with E-state index in [0.29, 0.717) is 11.4 Å². The molecule has 6 nitrogen and oxygen atoms in total. The van der Waals surface area contributed by atoms with Gasteiger partial charge in [0.15, 0.2) is 0 Å². The van der Waals surface area contributed by atoms with Crippen molar-refractivity contribution in [2.45, 2.75) is 26.2 Å². The summed E-state index contributed by atoms with van der Waals surface area (Å²) in [6, 6.07) is 48.2. The molecule has 50 heavy (non-hydrogen) atoms. The molecule has 0 bridgehead atoms. The molecule has 5 aromatic carbocycles. The number of rotatable bonds is 4. The molecule has 0 spiro atoms. The van der Waals surface area contributed by atoms with Gasteiger partial charge in [-0.2, -0.15) is 9.97 Å². The van der Waals surface area contributed by atoms with E-state index in [9.17, 15) is 0 Å². The first-order valence-electron chi connectivity index (χ1n) is 16.9. The molecule has 0 atom stereocenters. The minimum atomic E-state index is -0.294. The van der Waals surface area contributed by atoms with Gasteiger partial charge in [-0.05, 0) is 72.1 Å². The second-order valence-electron chi connectivity index (χ2n) is 13.9. The Labute approximate surface area is 287 Å². The molecular weight excluding hydrogens is 617 g/mol. The summed E-state index contributed by atoms with van der Waals surface area (Å²) in [5, 5.41) is 6.35. The molecular formula is C44H32N4O2. The molecule has 0 aliphatic heterocycles. The lowest BCUT2D eigenvalue weighted by molar-refractivity contribution is 0.556. The minimum Gasteiger partial charge on any atom is -0.437 e. The van der Waals surface area contributed by atoms with Crippen LogP contribution in [0.5, 0.6) is 0 Å². The summed E-state index contributed by atoms with van der Waals surface area (Å²) in [5.41, 5.74) is 7.75.